The second-order valence-corrected chi connectivity index (χ2v) is 6.90. The van der Waals surface area contributed by atoms with Crippen LogP contribution in [0.4, 0.5) is 14.5 Å². The van der Waals surface area contributed by atoms with Crippen LogP contribution in [0.25, 0.3) is 0 Å². The molecular formula is C18H24F2N2O. The maximum absolute atomic E-state index is 15.0. The van der Waals surface area contributed by atoms with Crippen LogP contribution in [0.2, 0.25) is 0 Å². The lowest BCUT2D eigenvalue weighted by Gasteiger charge is -2.45. The summed E-state index contributed by atoms with van der Waals surface area (Å²) in [5, 5.41) is 3.08. The Balaban J connectivity index is 1.84. The maximum atomic E-state index is 15.0. The first-order valence-corrected chi connectivity index (χ1v) is 8.38. The third-order valence-corrected chi connectivity index (χ3v) is 5.81. The van der Waals surface area contributed by atoms with Gasteiger partial charge in [-0.1, -0.05) is 13.0 Å². The molecule has 5 heteroatoms. The Morgan fingerprint density at radius 1 is 1.35 bits per heavy atom. The van der Waals surface area contributed by atoms with E-state index in [9.17, 15) is 13.6 Å². The molecule has 1 amide bonds. The van der Waals surface area contributed by atoms with Crippen LogP contribution in [0.1, 0.15) is 39.0 Å². The zero-order valence-corrected chi connectivity index (χ0v) is 13.7. The summed E-state index contributed by atoms with van der Waals surface area (Å²) in [6.07, 6.45) is 2.65. The topological polar surface area (TPSA) is 32.3 Å². The monoisotopic (exact) mass is 322 g/mol. The fraction of sp³-hybridized carbons (Fsp3) is 0.611. The Labute approximate surface area is 136 Å². The number of nitrogens with zero attached hydrogens (tertiary/aromatic N) is 1. The minimum atomic E-state index is -1.24. The first-order chi connectivity index (χ1) is 10.9. The standard InChI is InChI=1S/C18H24F2N2O/c1-3-18(20)8-7-17(12-15(18)21-2)9-10-22(16(17)23)14-6-4-5-13(19)11-14/h4-6,11,15,21H,3,7-10,12H2,1-2H3. The van der Waals surface area contributed by atoms with Crippen LogP contribution >= 0.6 is 0 Å². The average Bonchev–Trinajstić information content (AvgIpc) is 2.87. The number of hydrogen-bond acceptors (Lipinski definition) is 2. The molecule has 0 radical (unpaired) electrons. The highest BCUT2D eigenvalue weighted by molar-refractivity contribution is 6.00. The molecular weight excluding hydrogens is 298 g/mol. The van der Waals surface area contributed by atoms with Crippen LogP contribution in [0.5, 0.6) is 0 Å². The number of benzene rings is 1. The first kappa shape index (κ1) is 16.4. The van der Waals surface area contributed by atoms with E-state index in [4.69, 9.17) is 0 Å². The van der Waals surface area contributed by atoms with Gasteiger partial charge in [-0.25, -0.2) is 8.78 Å². The lowest BCUT2D eigenvalue weighted by molar-refractivity contribution is -0.130. The van der Waals surface area contributed by atoms with E-state index in [0.29, 0.717) is 44.3 Å². The van der Waals surface area contributed by atoms with E-state index >= 15 is 0 Å². The van der Waals surface area contributed by atoms with Crippen molar-refractivity contribution in [1.82, 2.24) is 5.32 Å². The van der Waals surface area contributed by atoms with E-state index in [1.165, 1.54) is 12.1 Å². The minimum Gasteiger partial charge on any atom is -0.314 e. The van der Waals surface area contributed by atoms with E-state index < -0.39 is 11.1 Å². The highest BCUT2D eigenvalue weighted by Crippen LogP contribution is 2.50. The van der Waals surface area contributed by atoms with Gasteiger partial charge in [-0.05, 0) is 57.4 Å². The molecule has 1 N–H and O–H groups in total. The Hall–Kier alpha value is -1.49. The molecule has 1 aromatic carbocycles. The zero-order chi connectivity index (χ0) is 16.7. The molecule has 2 fully saturated rings. The van der Waals surface area contributed by atoms with Crippen LogP contribution in [0, 0.1) is 11.2 Å². The predicted molar refractivity (Wildman–Crippen MR) is 86.6 cm³/mol. The number of amides is 1. The van der Waals surface area contributed by atoms with E-state index in [2.05, 4.69) is 5.32 Å². The Morgan fingerprint density at radius 3 is 2.78 bits per heavy atom. The molecule has 2 aliphatic rings. The van der Waals surface area contributed by atoms with Crippen molar-refractivity contribution in [3.63, 3.8) is 0 Å². The van der Waals surface area contributed by atoms with Gasteiger partial charge in [0.25, 0.3) is 0 Å². The van der Waals surface area contributed by atoms with Gasteiger partial charge in [0.15, 0.2) is 0 Å². The molecule has 1 heterocycles. The van der Waals surface area contributed by atoms with Crippen molar-refractivity contribution in [3.8, 4) is 0 Å². The molecule has 0 bridgehead atoms. The Kier molecular flexibility index (Phi) is 4.17. The van der Waals surface area contributed by atoms with Crippen molar-refractivity contribution in [2.45, 2.75) is 50.7 Å². The van der Waals surface area contributed by atoms with Crippen LogP contribution in [0.3, 0.4) is 0 Å². The van der Waals surface area contributed by atoms with Gasteiger partial charge in [-0.3, -0.25) is 4.79 Å². The van der Waals surface area contributed by atoms with Crippen molar-refractivity contribution >= 4 is 11.6 Å². The quantitative estimate of drug-likeness (QED) is 0.924. The molecule has 0 aromatic heterocycles. The van der Waals surface area contributed by atoms with Gasteiger partial charge in [0.2, 0.25) is 5.91 Å². The molecule has 1 aliphatic heterocycles. The van der Waals surface area contributed by atoms with Gasteiger partial charge in [0, 0.05) is 18.3 Å². The van der Waals surface area contributed by atoms with Crippen LogP contribution in [0.15, 0.2) is 24.3 Å². The van der Waals surface area contributed by atoms with E-state index in [1.807, 2.05) is 6.92 Å². The molecule has 3 unspecified atom stereocenters. The molecule has 3 nitrogen and oxygen atoms in total. The Morgan fingerprint density at radius 2 is 2.13 bits per heavy atom. The van der Waals surface area contributed by atoms with Gasteiger partial charge < -0.3 is 10.2 Å². The third-order valence-electron chi connectivity index (χ3n) is 5.81. The van der Waals surface area contributed by atoms with E-state index in [-0.39, 0.29) is 17.8 Å². The molecule has 3 rings (SSSR count). The average molecular weight is 322 g/mol. The van der Waals surface area contributed by atoms with Crippen molar-refractivity contribution in [3.05, 3.63) is 30.1 Å². The fourth-order valence-corrected chi connectivity index (χ4v) is 4.21. The summed E-state index contributed by atoms with van der Waals surface area (Å²) < 4.78 is 28.4. The normalized spacial score (nSPS) is 34.3. The smallest absolute Gasteiger partial charge is 0.233 e. The number of halogens is 2. The number of rotatable bonds is 3. The van der Waals surface area contributed by atoms with Crippen molar-refractivity contribution in [2.24, 2.45) is 5.41 Å². The predicted octanol–water partition coefficient (Wildman–Crippen LogP) is 3.44. The summed E-state index contributed by atoms with van der Waals surface area (Å²) in [6, 6.07) is 5.82. The summed E-state index contributed by atoms with van der Waals surface area (Å²) in [5.74, 6) is -0.330. The van der Waals surface area contributed by atoms with E-state index in [0.717, 1.165) is 0 Å². The molecule has 1 saturated heterocycles. The van der Waals surface area contributed by atoms with Gasteiger partial charge in [0.1, 0.15) is 11.5 Å². The van der Waals surface area contributed by atoms with Gasteiger partial charge in [-0.2, -0.15) is 0 Å². The molecule has 126 valence electrons. The summed E-state index contributed by atoms with van der Waals surface area (Å²) in [7, 11) is 1.76. The number of carbonyl (C=O) groups excluding carboxylic acids is 1. The second-order valence-electron chi connectivity index (χ2n) is 6.90. The lowest BCUT2D eigenvalue weighted by atomic mass is 9.65. The fourth-order valence-electron chi connectivity index (χ4n) is 4.21. The van der Waals surface area contributed by atoms with Crippen LogP contribution < -0.4 is 10.2 Å². The number of nitrogens with one attached hydrogen (secondary N) is 1. The van der Waals surface area contributed by atoms with E-state index in [1.54, 1.807) is 24.1 Å². The van der Waals surface area contributed by atoms with Crippen molar-refractivity contribution in [2.75, 3.05) is 18.5 Å². The lowest BCUT2D eigenvalue weighted by Crippen LogP contribution is -2.55. The van der Waals surface area contributed by atoms with Gasteiger partial charge >= 0.3 is 0 Å². The number of anilines is 1. The summed E-state index contributed by atoms with van der Waals surface area (Å²) in [5.41, 5.74) is -1.16. The molecule has 1 aliphatic carbocycles. The number of carbonyl (C=O) groups is 1. The van der Waals surface area contributed by atoms with Crippen LogP contribution in [-0.4, -0.2) is 31.2 Å². The minimum absolute atomic E-state index is 0.0153. The SMILES string of the molecule is CCC1(F)CCC2(CCN(c3cccc(F)c3)C2=O)CC1NC. The molecule has 1 spiro atoms. The summed E-state index contributed by atoms with van der Waals surface area (Å²) >= 11 is 0. The third kappa shape index (κ3) is 2.65. The van der Waals surface area contributed by atoms with Gasteiger partial charge in [-0.15, -0.1) is 0 Å². The highest BCUT2D eigenvalue weighted by atomic mass is 19.1. The zero-order valence-electron chi connectivity index (χ0n) is 13.7. The first-order valence-electron chi connectivity index (χ1n) is 8.38. The largest absolute Gasteiger partial charge is 0.314 e. The molecule has 23 heavy (non-hydrogen) atoms. The van der Waals surface area contributed by atoms with Crippen molar-refractivity contribution < 1.29 is 13.6 Å². The molecule has 1 saturated carbocycles. The maximum Gasteiger partial charge on any atom is 0.233 e. The van der Waals surface area contributed by atoms with Gasteiger partial charge in [0.05, 0.1) is 5.41 Å². The van der Waals surface area contributed by atoms with Crippen molar-refractivity contribution in [1.29, 1.82) is 0 Å². The highest BCUT2D eigenvalue weighted by Gasteiger charge is 2.55. The Bertz CT molecular complexity index is 608. The second kappa shape index (κ2) is 5.86. The summed E-state index contributed by atoms with van der Waals surface area (Å²) in [4.78, 5) is 14.7. The molecule has 1 aromatic rings. The number of hydrogen-bond donors (Lipinski definition) is 1. The van der Waals surface area contributed by atoms with Crippen LogP contribution in [-0.2, 0) is 4.79 Å². The summed E-state index contributed by atoms with van der Waals surface area (Å²) in [6.45, 7) is 2.43. The molecule has 3 atom stereocenters. The number of alkyl halides is 1.